The number of ether oxygens (including phenoxy) is 1. The van der Waals surface area contributed by atoms with Gasteiger partial charge in [0.25, 0.3) is 0 Å². The molecule has 2 N–H and O–H groups in total. The summed E-state index contributed by atoms with van der Waals surface area (Å²) in [6.07, 6.45) is 5.13. The van der Waals surface area contributed by atoms with Gasteiger partial charge < -0.3 is 15.4 Å². The highest BCUT2D eigenvalue weighted by Crippen LogP contribution is 2.28. The molecule has 1 aromatic rings. The van der Waals surface area contributed by atoms with Crippen molar-refractivity contribution in [1.82, 2.24) is 9.97 Å². The van der Waals surface area contributed by atoms with E-state index in [1.807, 2.05) is 13.8 Å². The van der Waals surface area contributed by atoms with Gasteiger partial charge in [-0.05, 0) is 45.6 Å². The molecule has 5 heteroatoms. The van der Waals surface area contributed by atoms with Gasteiger partial charge >= 0.3 is 0 Å². The zero-order valence-electron chi connectivity index (χ0n) is 11.9. The van der Waals surface area contributed by atoms with Crippen molar-refractivity contribution in [2.75, 3.05) is 31.1 Å². The molecule has 0 spiro atoms. The van der Waals surface area contributed by atoms with Gasteiger partial charge in [-0.25, -0.2) is 9.97 Å². The molecule has 1 aromatic heterocycles. The molecule has 1 fully saturated rings. The van der Waals surface area contributed by atoms with Crippen LogP contribution >= 0.6 is 0 Å². The third-order valence-electron chi connectivity index (χ3n) is 3.78. The molecule has 0 aliphatic carbocycles. The Labute approximate surface area is 115 Å². The predicted molar refractivity (Wildman–Crippen MR) is 76.5 cm³/mol. The molecule has 0 aromatic carbocycles. The van der Waals surface area contributed by atoms with E-state index in [1.165, 1.54) is 12.8 Å². The second kappa shape index (κ2) is 6.70. The SMILES string of the molecule is CCOc1ncnc(N2CCC(CCN)CC2)c1C. The van der Waals surface area contributed by atoms with Crippen LogP contribution in [0.5, 0.6) is 5.88 Å². The molecule has 106 valence electrons. The number of nitrogens with two attached hydrogens (primary N) is 1. The normalized spacial score (nSPS) is 16.7. The van der Waals surface area contributed by atoms with E-state index >= 15 is 0 Å². The Bertz CT molecular complexity index is 402. The van der Waals surface area contributed by atoms with E-state index in [9.17, 15) is 0 Å². The lowest BCUT2D eigenvalue weighted by molar-refractivity contribution is 0.323. The predicted octanol–water partition coefficient (Wildman–Crippen LogP) is 1.75. The Kier molecular flexibility index (Phi) is 4.96. The van der Waals surface area contributed by atoms with Gasteiger partial charge in [-0.15, -0.1) is 0 Å². The average Bonchev–Trinajstić information content (AvgIpc) is 2.43. The zero-order valence-corrected chi connectivity index (χ0v) is 11.9. The lowest BCUT2D eigenvalue weighted by Crippen LogP contribution is -2.35. The fraction of sp³-hybridized carbons (Fsp3) is 0.714. The summed E-state index contributed by atoms with van der Waals surface area (Å²) in [5.74, 6) is 2.50. The second-order valence-electron chi connectivity index (χ2n) is 5.07. The standard InChI is InChI=1S/C14H24N4O/c1-3-19-14-11(2)13(16-10-17-14)18-8-5-12(4-7-15)6-9-18/h10,12H,3-9,15H2,1-2H3. The zero-order chi connectivity index (χ0) is 13.7. The molecule has 1 aliphatic rings. The molecule has 0 saturated carbocycles. The molecule has 2 heterocycles. The second-order valence-corrected chi connectivity index (χ2v) is 5.07. The Morgan fingerprint density at radius 3 is 2.74 bits per heavy atom. The van der Waals surface area contributed by atoms with Gasteiger partial charge in [-0.3, -0.25) is 0 Å². The monoisotopic (exact) mass is 264 g/mol. The molecule has 1 saturated heterocycles. The van der Waals surface area contributed by atoms with Crippen LogP contribution in [0.3, 0.4) is 0 Å². The van der Waals surface area contributed by atoms with Crippen LogP contribution < -0.4 is 15.4 Å². The lowest BCUT2D eigenvalue weighted by Gasteiger charge is -2.33. The first-order valence-electron chi connectivity index (χ1n) is 7.15. The maximum Gasteiger partial charge on any atom is 0.221 e. The quantitative estimate of drug-likeness (QED) is 0.877. The number of rotatable bonds is 5. The van der Waals surface area contributed by atoms with Gasteiger partial charge in [0.15, 0.2) is 0 Å². The lowest BCUT2D eigenvalue weighted by atomic mass is 9.93. The van der Waals surface area contributed by atoms with E-state index < -0.39 is 0 Å². The minimum absolute atomic E-state index is 0.635. The summed E-state index contributed by atoms with van der Waals surface area (Å²) in [5.41, 5.74) is 6.67. The molecule has 0 radical (unpaired) electrons. The first-order valence-corrected chi connectivity index (χ1v) is 7.15. The van der Waals surface area contributed by atoms with Crippen LogP contribution in [0, 0.1) is 12.8 Å². The summed E-state index contributed by atoms with van der Waals surface area (Å²) in [5, 5.41) is 0. The molecule has 5 nitrogen and oxygen atoms in total. The van der Waals surface area contributed by atoms with Crippen LogP contribution in [0.1, 0.15) is 31.7 Å². The van der Waals surface area contributed by atoms with Crippen LogP contribution in [0.25, 0.3) is 0 Å². The highest BCUT2D eigenvalue weighted by atomic mass is 16.5. The summed E-state index contributed by atoms with van der Waals surface area (Å²) in [6, 6.07) is 0. The smallest absolute Gasteiger partial charge is 0.221 e. The highest BCUT2D eigenvalue weighted by Gasteiger charge is 2.22. The van der Waals surface area contributed by atoms with Crippen molar-refractivity contribution in [3.63, 3.8) is 0 Å². The maximum absolute atomic E-state index is 5.63. The van der Waals surface area contributed by atoms with Gasteiger partial charge in [0.2, 0.25) is 5.88 Å². The molecular formula is C14H24N4O. The summed E-state index contributed by atoms with van der Waals surface area (Å²) < 4.78 is 5.53. The van der Waals surface area contributed by atoms with E-state index in [-0.39, 0.29) is 0 Å². The fourth-order valence-corrected chi connectivity index (χ4v) is 2.70. The average molecular weight is 264 g/mol. The Hall–Kier alpha value is -1.36. The van der Waals surface area contributed by atoms with Crippen molar-refractivity contribution in [3.05, 3.63) is 11.9 Å². The summed E-state index contributed by atoms with van der Waals surface area (Å²) in [7, 11) is 0. The van der Waals surface area contributed by atoms with Crippen LogP contribution in [-0.2, 0) is 0 Å². The molecule has 19 heavy (non-hydrogen) atoms. The molecule has 1 aliphatic heterocycles. The van der Waals surface area contributed by atoms with Crippen LogP contribution in [-0.4, -0.2) is 36.2 Å². The van der Waals surface area contributed by atoms with Gasteiger partial charge in [0.1, 0.15) is 12.1 Å². The largest absolute Gasteiger partial charge is 0.478 e. The molecule has 0 amide bonds. The third kappa shape index (κ3) is 3.35. The topological polar surface area (TPSA) is 64.3 Å². The van der Waals surface area contributed by atoms with E-state index in [0.29, 0.717) is 12.5 Å². The van der Waals surface area contributed by atoms with Crippen molar-refractivity contribution in [1.29, 1.82) is 0 Å². The molecular weight excluding hydrogens is 240 g/mol. The van der Waals surface area contributed by atoms with E-state index in [2.05, 4.69) is 14.9 Å². The highest BCUT2D eigenvalue weighted by molar-refractivity contribution is 5.50. The number of hydrogen-bond donors (Lipinski definition) is 1. The van der Waals surface area contributed by atoms with Crippen molar-refractivity contribution in [2.45, 2.75) is 33.1 Å². The Morgan fingerprint density at radius 2 is 2.11 bits per heavy atom. The van der Waals surface area contributed by atoms with Crippen molar-refractivity contribution < 1.29 is 4.74 Å². The van der Waals surface area contributed by atoms with Crippen molar-refractivity contribution in [2.24, 2.45) is 11.7 Å². The van der Waals surface area contributed by atoms with E-state index in [4.69, 9.17) is 10.5 Å². The van der Waals surface area contributed by atoms with Gasteiger partial charge in [0.05, 0.1) is 12.2 Å². The minimum Gasteiger partial charge on any atom is -0.478 e. The molecule has 0 bridgehead atoms. The number of hydrogen-bond acceptors (Lipinski definition) is 5. The van der Waals surface area contributed by atoms with E-state index in [0.717, 1.165) is 43.4 Å². The molecule has 0 unspecified atom stereocenters. The minimum atomic E-state index is 0.635. The Morgan fingerprint density at radius 1 is 1.37 bits per heavy atom. The summed E-state index contributed by atoms with van der Waals surface area (Å²) in [6.45, 7) is 7.54. The number of nitrogens with zero attached hydrogens (tertiary/aromatic N) is 3. The Balaban J connectivity index is 2.05. The first-order chi connectivity index (χ1) is 9.26. The number of piperidine rings is 1. The molecule has 2 rings (SSSR count). The van der Waals surface area contributed by atoms with Crippen LogP contribution in [0.2, 0.25) is 0 Å². The summed E-state index contributed by atoms with van der Waals surface area (Å²) in [4.78, 5) is 11.0. The molecule has 0 atom stereocenters. The maximum atomic E-state index is 5.63. The van der Waals surface area contributed by atoms with Crippen molar-refractivity contribution >= 4 is 5.82 Å². The van der Waals surface area contributed by atoms with Crippen molar-refractivity contribution in [3.8, 4) is 5.88 Å². The first kappa shape index (κ1) is 14.1. The fourth-order valence-electron chi connectivity index (χ4n) is 2.70. The van der Waals surface area contributed by atoms with Gasteiger partial charge in [-0.2, -0.15) is 0 Å². The summed E-state index contributed by atoms with van der Waals surface area (Å²) >= 11 is 0. The van der Waals surface area contributed by atoms with Gasteiger partial charge in [-0.1, -0.05) is 0 Å². The van der Waals surface area contributed by atoms with E-state index in [1.54, 1.807) is 6.33 Å². The van der Waals surface area contributed by atoms with Gasteiger partial charge in [0, 0.05) is 13.1 Å². The van der Waals surface area contributed by atoms with Crippen LogP contribution in [0.15, 0.2) is 6.33 Å². The number of anilines is 1. The van der Waals surface area contributed by atoms with Crippen LogP contribution in [0.4, 0.5) is 5.82 Å². The number of aromatic nitrogens is 2. The third-order valence-corrected chi connectivity index (χ3v) is 3.78.